The van der Waals surface area contributed by atoms with Crippen molar-refractivity contribution in [1.29, 1.82) is 0 Å². The number of ether oxygens (including phenoxy) is 2. The van der Waals surface area contributed by atoms with Gasteiger partial charge in [-0.2, -0.15) is 0 Å². The Morgan fingerprint density at radius 2 is 1.70 bits per heavy atom. The van der Waals surface area contributed by atoms with E-state index in [2.05, 4.69) is 15.0 Å². The fourth-order valence-electron chi connectivity index (χ4n) is 4.09. The Morgan fingerprint density at radius 1 is 1.00 bits per heavy atom. The van der Waals surface area contributed by atoms with Crippen molar-refractivity contribution >= 4 is 11.2 Å². The Hall–Kier alpha value is -2.01. The number of aromatic nitrogens is 4. The highest BCUT2D eigenvalue weighted by Crippen LogP contribution is 2.44. The van der Waals surface area contributed by atoms with E-state index in [1.54, 1.807) is 0 Å². The number of hydrogen-bond donors (Lipinski definition) is 8. The molecule has 2 aliphatic rings. The van der Waals surface area contributed by atoms with Gasteiger partial charge >= 0.3 is 0 Å². The van der Waals surface area contributed by atoms with Gasteiger partial charge in [-0.15, -0.1) is 0 Å². The maximum absolute atomic E-state index is 12.1. The van der Waals surface area contributed by atoms with Crippen LogP contribution in [0, 0.1) is 0 Å². The second-order valence-electron chi connectivity index (χ2n) is 7.29. The van der Waals surface area contributed by atoms with Crippen LogP contribution in [0.2, 0.25) is 0 Å². The van der Waals surface area contributed by atoms with E-state index in [0.29, 0.717) is 0 Å². The van der Waals surface area contributed by atoms with Crippen LogP contribution in [0.4, 0.5) is 0 Å². The van der Waals surface area contributed by atoms with E-state index >= 15 is 0 Å². The molecule has 0 spiro atoms. The summed E-state index contributed by atoms with van der Waals surface area (Å²) in [5.41, 5.74) is -3.12. The van der Waals surface area contributed by atoms with E-state index in [4.69, 9.17) is 9.47 Å². The van der Waals surface area contributed by atoms with Gasteiger partial charge in [-0.25, -0.2) is 9.97 Å². The molecule has 30 heavy (non-hydrogen) atoms. The van der Waals surface area contributed by atoms with E-state index in [-0.39, 0.29) is 11.2 Å². The fraction of sp³-hybridized carbons (Fsp3) is 0.688. The van der Waals surface area contributed by atoms with Crippen LogP contribution in [0.25, 0.3) is 11.2 Å². The summed E-state index contributed by atoms with van der Waals surface area (Å²) in [6.45, 7) is -1.47. The van der Waals surface area contributed by atoms with Crippen LogP contribution in [0.1, 0.15) is 0 Å². The second-order valence-corrected chi connectivity index (χ2v) is 7.29. The van der Waals surface area contributed by atoms with E-state index in [1.807, 2.05) is 0 Å². The molecular formula is C16H22N4O10. The van der Waals surface area contributed by atoms with E-state index < -0.39 is 73.3 Å². The highest BCUT2D eigenvalue weighted by Gasteiger charge is 2.65. The number of nitrogens with zero attached hydrogens (tertiary/aromatic N) is 3. The van der Waals surface area contributed by atoms with E-state index in [9.17, 15) is 40.5 Å². The highest BCUT2D eigenvalue weighted by atomic mass is 16.6. The van der Waals surface area contributed by atoms with Gasteiger partial charge in [-0.1, -0.05) is 0 Å². The fourth-order valence-corrected chi connectivity index (χ4v) is 4.09. The van der Waals surface area contributed by atoms with Gasteiger partial charge in [-0.05, 0) is 0 Å². The second kappa shape index (κ2) is 7.60. The zero-order valence-electron chi connectivity index (χ0n) is 15.4. The first-order valence-electron chi connectivity index (χ1n) is 9.14. The van der Waals surface area contributed by atoms with Crippen LogP contribution in [0.3, 0.4) is 0 Å². The van der Waals surface area contributed by atoms with Crippen molar-refractivity contribution in [2.75, 3.05) is 13.2 Å². The summed E-state index contributed by atoms with van der Waals surface area (Å²) in [6.07, 6.45) is -11.2. The Bertz CT molecular complexity index is 965. The SMILES string of the molecule is O=c1[nH]cnc2c1ncn2[C@]1(C2O[C@H](CO)[C@H](O)[C@H](O)[C@H]2O)O[C@H](CO)[C@@H](O)[C@H]1O. The van der Waals surface area contributed by atoms with Crippen LogP contribution < -0.4 is 5.56 Å². The van der Waals surface area contributed by atoms with Crippen LogP contribution in [-0.2, 0) is 15.2 Å². The maximum atomic E-state index is 12.1. The number of fused-ring (bicyclic) bond motifs is 1. The van der Waals surface area contributed by atoms with Crippen molar-refractivity contribution in [1.82, 2.24) is 19.5 Å². The Balaban J connectivity index is 1.93. The predicted molar refractivity (Wildman–Crippen MR) is 93.9 cm³/mol. The van der Waals surface area contributed by atoms with Crippen LogP contribution in [-0.4, -0.2) is 117 Å². The van der Waals surface area contributed by atoms with Crippen LogP contribution in [0.5, 0.6) is 0 Å². The minimum Gasteiger partial charge on any atom is -0.394 e. The van der Waals surface area contributed by atoms with E-state index in [1.165, 1.54) is 0 Å². The lowest BCUT2D eigenvalue weighted by Crippen LogP contribution is -2.68. The minimum absolute atomic E-state index is 0.111. The van der Waals surface area contributed by atoms with Crippen molar-refractivity contribution in [2.45, 2.75) is 54.6 Å². The highest BCUT2D eigenvalue weighted by molar-refractivity contribution is 5.69. The normalized spacial score (nSPS) is 42.1. The monoisotopic (exact) mass is 430 g/mol. The molecule has 1 unspecified atom stereocenters. The van der Waals surface area contributed by atoms with Crippen LogP contribution in [0.15, 0.2) is 17.4 Å². The molecule has 0 bridgehead atoms. The van der Waals surface area contributed by atoms with Gasteiger partial charge in [0.1, 0.15) is 48.8 Å². The summed E-state index contributed by atoms with van der Waals surface area (Å²) < 4.78 is 12.4. The Kier molecular flexibility index (Phi) is 5.38. The third kappa shape index (κ3) is 2.81. The lowest BCUT2D eigenvalue weighted by Gasteiger charge is -2.48. The van der Waals surface area contributed by atoms with Crippen molar-refractivity contribution in [3.05, 3.63) is 23.0 Å². The molecule has 4 rings (SSSR count). The lowest BCUT2D eigenvalue weighted by molar-refractivity contribution is -0.309. The lowest BCUT2D eigenvalue weighted by atomic mass is 9.86. The molecule has 2 fully saturated rings. The number of imidazole rings is 1. The molecule has 2 aromatic heterocycles. The van der Waals surface area contributed by atoms with Crippen molar-refractivity contribution in [3.8, 4) is 0 Å². The summed E-state index contributed by atoms with van der Waals surface area (Å²) in [5.74, 6) is 0. The summed E-state index contributed by atoms with van der Waals surface area (Å²) >= 11 is 0. The molecule has 2 saturated heterocycles. The molecule has 4 heterocycles. The third-order valence-corrected chi connectivity index (χ3v) is 5.66. The van der Waals surface area contributed by atoms with Gasteiger partial charge in [0.05, 0.1) is 25.9 Å². The molecule has 0 amide bonds. The molecule has 2 aromatic rings. The molecule has 166 valence electrons. The number of rotatable bonds is 4. The largest absolute Gasteiger partial charge is 0.394 e. The first-order chi connectivity index (χ1) is 14.3. The Labute approximate surface area is 167 Å². The van der Waals surface area contributed by atoms with Gasteiger partial charge < -0.3 is 50.2 Å². The number of aromatic amines is 1. The Morgan fingerprint density at radius 3 is 2.33 bits per heavy atom. The minimum atomic E-state index is -2.24. The molecule has 0 aromatic carbocycles. The molecule has 0 radical (unpaired) electrons. The summed E-state index contributed by atoms with van der Waals surface area (Å²) in [7, 11) is 0. The average molecular weight is 430 g/mol. The quantitative estimate of drug-likeness (QED) is 0.228. The molecule has 0 saturated carbocycles. The van der Waals surface area contributed by atoms with Gasteiger partial charge in [0.15, 0.2) is 11.2 Å². The van der Waals surface area contributed by atoms with Gasteiger partial charge in [0.25, 0.3) is 5.56 Å². The number of aliphatic hydroxyl groups is 7. The summed E-state index contributed by atoms with van der Waals surface area (Å²) in [4.78, 5) is 22.3. The van der Waals surface area contributed by atoms with Gasteiger partial charge in [-0.3, -0.25) is 9.36 Å². The first-order valence-corrected chi connectivity index (χ1v) is 9.14. The summed E-state index contributed by atoms with van der Waals surface area (Å²) in [6, 6.07) is 0. The molecule has 2 aliphatic heterocycles. The molecule has 9 atom stereocenters. The molecule has 8 N–H and O–H groups in total. The number of hydrogen-bond acceptors (Lipinski definition) is 12. The smallest absolute Gasteiger partial charge is 0.278 e. The third-order valence-electron chi connectivity index (χ3n) is 5.66. The van der Waals surface area contributed by atoms with E-state index in [0.717, 1.165) is 17.2 Å². The van der Waals surface area contributed by atoms with Crippen molar-refractivity contribution < 1.29 is 45.2 Å². The zero-order chi connectivity index (χ0) is 21.8. The standard InChI is InChI=1S/C16H22N4O10/c21-1-5-8(23)10(25)11(26)13(29-5)16(12(27)9(24)6(2-22)30-16)20-4-19-7-14(20)17-3-18-15(7)28/h3-6,8-13,21-27H,1-2H2,(H,17,18,28)/t5-,6-,8+,9-,10+,11-,12-,13?,16+/m1/s1. The topological polar surface area (TPSA) is 224 Å². The average Bonchev–Trinajstić information content (AvgIpc) is 3.28. The molecular weight excluding hydrogens is 408 g/mol. The summed E-state index contributed by atoms with van der Waals surface area (Å²) in [5, 5.41) is 71.4. The number of aliphatic hydroxyl groups excluding tert-OH is 7. The maximum Gasteiger partial charge on any atom is 0.278 e. The number of nitrogens with one attached hydrogen (secondary N) is 1. The molecule has 14 heteroatoms. The molecule has 0 aliphatic carbocycles. The van der Waals surface area contributed by atoms with Crippen molar-refractivity contribution in [2.24, 2.45) is 0 Å². The molecule has 14 nitrogen and oxygen atoms in total. The van der Waals surface area contributed by atoms with Crippen LogP contribution >= 0.6 is 0 Å². The van der Waals surface area contributed by atoms with Gasteiger partial charge in [0, 0.05) is 0 Å². The van der Waals surface area contributed by atoms with Gasteiger partial charge in [0.2, 0.25) is 5.72 Å². The predicted octanol–water partition coefficient (Wildman–Crippen LogP) is -5.27. The zero-order valence-corrected chi connectivity index (χ0v) is 15.4. The van der Waals surface area contributed by atoms with Crippen molar-refractivity contribution in [3.63, 3.8) is 0 Å². The first kappa shape index (κ1) is 21.2. The number of H-pyrrole nitrogens is 1.